The predicted molar refractivity (Wildman–Crippen MR) is 40.6 cm³/mol. The molecule has 1 aliphatic heterocycles. The SMILES string of the molecule is CC1/C(=N/O)C(=O)N(C)C1C. The zero-order chi connectivity index (χ0) is 8.59. The van der Waals surface area contributed by atoms with Crippen molar-refractivity contribution in [1.82, 2.24) is 4.90 Å². The summed E-state index contributed by atoms with van der Waals surface area (Å²) >= 11 is 0. The van der Waals surface area contributed by atoms with Gasteiger partial charge < -0.3 is 10.1 Å². The van der Waals surface area contributed by atoms with Crippen LogP contribution >= 0.6 is 0 Å². The van der Waals surface area contributed by atoms with Crippen LogP contribution in [0.15, 0.2) is 5.16 Å². The van der Waals surface area contributed by atoms with Crippen molar-refractivity contribution in [2.75, 3.05) is 7.05 Å². The van der Waals surface area contributed by atoms with Gasteiger partial charge in [-0.1, -0.05) is 12.1 Å². The molecule has 0 aromatic heterocycles. The summed E-state index contributed by atoms with van der Waals surface area (Å²) in [5.41, 5.74) is 0.264. The Labute approximate surface area is 65.5 Å². The highest BCUT2D eigenvalue weighted by molar-refractivity contribution is 6.41. The fourth-order valence-corrected chi connectivity index (χ4v) is 1.26. The van der Waals surface area contributed by atoms with Gasteiger partial charge in [0, 0.05) is 19.0 Å². The van der Waals surface area contributed by atoms with Crippen molar-refractivity contribution >= 4 is 11.6 Å². The molecule has 0 aromatic rings. The smallest absolute Gasteiger partial charge is 0.272 e. The third-order valence-electron chi connectivity index (χ3n) is 2.41. The number of hydrogen-bond acceptors (Lipinski definition) is 3. The molecule has 0 aliphatic carbocycles. The van der Waals surface area contributed by atoms with Crippen LogP contribution in [0.5, 0.6) is 0 Å². The molecule has 4 heteroatoms. The van der Waals surface area contributed by atoms with Gasteiger partial charge in [0.2, 0.25) is 0 Å². The summed E-state index contributed by atoms with van der Waals surface area (Å²) in [6.07, 6.45) is 0. The van der Waals surface area contributed by atoms with E-state index in [1.807, 2.05) is 13.8 Å². The van der Waals surface area contributed by atoms with E-state index in [-0.39, 0.29) is 23.6 Å². The Balaban J connectivity index is 2.96. The van der Waals surface area contributed by atoms with Crippen LogP contribution in [0.25, 0.3) is 0 Å². The summed E-state index contributed by atoms with van der Waals surface area (Å²) in [4.78, 5) is 12.8. The largest absolute Gasteiger partial charge is 0.410 e. The number of hydrogen-bond donors (Lipinski definition) is 1. The molecule has 62 valence electrons. The number of nitrogens with zero attached hydrogens (tertiary/aromatic N) is 2. The fraction of sp³-hybridized carbons (Fsp3) is 0.714. The van der Waals surface area contributed by atoms with Crippen LogP contribution in [-0.4, -0.2) is 34.8 Å². The van der Waals surface area contributed by atoms with E-state index in [0.29, 0.717) is 0 Å². The molecule has 0 bridgehead atoms. The lowest BCUT2D eigenvalue weighted by atomic mass is 10.0. The van der Waals surface area contributed by atoms with Gasteiger partial charge in [0.1, 0.15) is 5.71 Å². The van der Waals surface area contributed by atoms with Crippen molar-refractivity contribution < 1.29 is 10.0 Å². The van der Waals surface area contributed by atoms with Crippen molar-refractivity contribution in [2.24, 2.45) is 11.1 Å². The molecule has 1 heterocycles. The lowest BCUT2D eigenvalue weighted by Gasteiger charge is -2.15. The molecule has 0 spiro atoms. The van der Waals surface area contributed by atoms with Crippen molar-refractivity contribution in [1.29, 1.82) is 0 Å². The van der Waals surface area contributed by atoms with Gasteiger partial charge in [0.15, 0.2) is 0 Å². The van der Waals surface area contributed by atoms with Crippen LogP contribution in [0, 0.1) is 5.92 Å². The van der Waals surface area contributed by atoms with E-state index in [2.05, 4.69) is 5.16 Å². The third-order valence-corrected chi connectivity index (χ3v) is 2.41. The maximum atomic E-state index is 11.2. The van der Waals surface area contributed by atoms with Crippen molar-refractivity contribution in [2.45, 2.75) is 19.9 Å². The summed E-state index contributed by atoms with van der Waals surface area (Å²) in [6, 6.07) is 0.133. The Kier molecular flexibility index (Phi) is 1.85. The average molecular weight is 156 g/mol. The number of oxime groups is 1. The molecule has 1 amide bonds. The first kappa shape index (κ1) is 8.04. The van der Waals surface area contributed by atoms with E-state index >= 15 is 0 Å². The first-order valence-corrected chi connectivity index (χ1v) is 3.58. The van der Waals surface area contributed by atoms with Gasteiger partial charge in [-0.25, -0.2) is 0 Å². The fourth-order valence-electron chi connectivity index (χ4n) is 1.26. The maximum Gasteiger partial charge on any atom is 0.272 e. The number of amides is 1. The molecular formula is C7H12N2O2. The Morgan fingerprint density at radius 1 is 1.55 bits per heavy atom. The van der Waals surface area contributed by atoms with Crippen LogP contribution in [0.4, 0.5) is 0 Å². The molecule has 2 atom stereocenters. The maximum absolute atomic E-state index is 11.2. The lowest BCUT2D eigenvalue weighted by Crippen LogP contribution is -2.28. The van der Waals surface area contributed by atoms with E-state index in [1.165, 1.54) is 0 Å². The number of likely N-dealkylation sites (tertiary alicyclic amines) is 1. The molecule has 0 radical (unpaired) electrons. The van der Waals surface area contributed by atoms with Crippen LogP contribution < -0.4 is 0 Å². The Morgan fingerprint density at radius 2 is 2.09 bits per heavy atom. The van der Waals surface area contributed by atoms with Gasteiger partial charge in [-0.3, -0.25) is 4.79 Å². The molecule has 0 aromatic carbocycles. The van der Waals surface area contributed by atoms with E-state index in [1.54, 1.807) is 11.9 Å². The van der Waals surface area contributed by atoms with Gasteiger partial charge in [-0.2, -0.15) is 0 Å². The molecule has 1 rings (SSSR count). The first-order chi connectivity index (χ1) is 5.09. The van der Waals surface area contributed by atoms with Crippen LogP contribution in [0.2, 0.25) is 0 Å². The van der Waals surface area contributed by atoms with Crippen LogP contribution in [-0.2, 0) is 4.79 Å². The van der Waals surface area contributed by atoms with Gasteiger partial charge in [-0.15, -0.1) is 0 Å². The summed E-state index contributed by atoms with van der Waals surface area (Å²) in [5, 5.41) is 11.5. The molecule has 1 saturated heterocycles. The molecular weight excluding hydrogens is 144 g/mol. The van der Waals surface area contributed by atoms with E-state index in [0.717, 1.165) is 0 Å². The highest BCUT2D eigenvalue weighted by atomic mass is 16.4. The van der Waals surface area contributed by atoms with Crippen molar-refractivity contribution in [3.05, 3.63) is 0 Å². The molecule has 1 N–H and O–H groups in total. The summed E-state index contributed by atoms with van der Waals surface area (Å²) in [5.74, 6) is -0.148. The highest BCUT2D eigenvalue weighted by Crippen LogP contribution is 2.20. The minimum atomic E-state index is -0.174. The van der Waals surface area contributed by atoms with Gasteiger partial charge >= 0.3 is 0 Å². The molecule has 11 heavy (non-hydrogen) atoms. The number of carbonyl (C=O) groups is 1. The standard InChI is InChI=1S/C7H12N2O2/c1-4-5(2)9(3)7(10)6(4)8-11/h4-5,11H,1-3H3/b8-6-. The third kappa shape index (κ3) is 0.982. The zero-order valence-electron chi connectivity index (χ0n) is 6.90. The summed E-state index contributed by atoms with van der Waals surface area (Å²) in [6.45, 7) is 3.81. The number of rotatable bonds is 0. The van der Waals surface area contributed by atoms with Crippen LogP contribution in [0.3, 0.4) is 0 Å². The lowest BCUT2D eigenvalue weighted by molar-refractivity contribution is -0.122. The van der Waals surface area contributed by atoms with Crippen LogP contribution in [0.1, 0.15) is 13.8 Å². The van der Waals surface area contributed by atoms with Crippen molar-refractivity contribution in [3.63, 3.8) is 0 Å². The Hall–Kier alpha value is -1.06. The van der Waals surface area contributed by atoms with E-state index in [4.69, 9.17) is 5.21 Å². The minimum absolute atomic E-state index is 0.0255. The predicted octanol–water partition coefficient (Wildman–Crippen LogP) is 0.313. The average Bonchev–Trinajstić information content (AvgIpc) is 2.17. The van der Waals surface area contributed by atoms with Crippen molar-refractivity contribution in [3.8, 4) is 0 Å². The quantitative estimate of drug-likeness (QED) is 0.405. The Morgan fingerprint density at radius 3 is 2.27 bits per heavy atom. The van der Waals surface area contributed by atoms with Gasteiger partial charge in [-0.05, 0) is 6.92 Å². The zero-order valence-corrected chi connectivity index (χ0v) is 6.90. The van der Waals surface area contributed by atoms with E-state index < -0.39 is 0 Å². The monoisotopic (exact) mass is 156 g/mol. The van der Waals surface area contributed by atoms with Gasteiger partial charge in [0.05, 0.1) is 0 Å². The second-order valence-corrected chi connectivity index (χ2v) is 2.93. The second-order valence-electron chi connectivity index (χ2n) is 2.93. The number of carbonyl (C=O) groups excluding carboxylic acids is 1. The topological polar surface area (TPSA) is 52.9 Å². The normalized spacial score (nSPS) is 35.4. The molecule has 0 saturated carbocycles. The van der Waals surface area contributed by atoms with Gasteiger partial charge in [0.25, 0.3) is 5.91 Å². The molecule has 2 unspecified atom stereocenters. The molecule has 4 nitrogen and oxygen atoms in total. The van der Waals surface area contributed by atoms with E-state index in [9.17, 15) is 4.79 Å². The molecule has 1 aliphatic rings. The highest BCUT2D eigenvalue weighted by Gasteiger charge is 2.38. The second kappa shape index (κ2) is 2.53. The minimum Gasteiger partial charge on any atom is -0.410 e. The first-order valence-electron chi connectivity index (χ1n) is 3.58. The summed E-state index contributed by atoms with van der Waals surface area (Å²) in [7, 11) is 1.71. The Bertz CT molecular complexity index is 212. The molecule has 1 fully saturated rings. The summed E-state index contributed by atoms with van der Waals surface area (Å²) < 4.78 is 0.